The highest BCUT2D eigenvalue weighted by Crippen LogP contribution is 2.09. The molecule has 0 atom stereocenters. The van der Waals surface area contributed by atoms with Crippen LogP contribution in [0.1, 0.15) is 5.69 Å². The van der Waals surface area contributed by atoms with Gasteiger partial charge in [-0.25, -0.2) is 0 Å². The van der Waals surface area contributed by atoms with E-state index in [0.717, 1.165) is 6.20 Å². The molecule has 0 saturated heterocycles. The number of halogens is 1. The SMILES string of the molecule is Cn1nc(/C=C/[N+](=O)[O-])cc1Cl. The molecule has 0 bridgehead atoms. The Morgan fingerprint density at radius 1 is 1.83 bits per heavy atom. The van der Waals surface area contributed by atoms with Crippen molar-refractivity contribution in [3.05, 3.63) is 33.2 Å². The molecule has 0 saturated carbocycles. The second-order valence-corrected chi connectivity index (χ2v) is 2.50. The summed E-state index contributed by atoms with van der Waals surface area (Å²) in [6.45, 7) is 0. The third kappa shape index (κ3) is 2.06. The minimum Gasteiger partial charge on any atom is -0.259 e. The maximum atomic E-state index is 9.92. The summed E-state index contributed by atoms with van der Waals surface area (Å²) in [6.07, 6.45) is 2.10. The number of nitrogens with zero attached hydrogens (tertiary/aromatic N) is 3. The molecule has 12 heavy (non-hydrogen) atoms. The van der Waals surface area contributed by atoms with Gasteiger partial charge in [-0.1, -0.05) is 11.6 Å². The molecule has 0 aliphatic carbocycles. The van der Waals surface area contributed by atoms with E-state index >= 15 is 0 Å². The Kier molecular flexibility index (Phi) is 2.44. The average Bonchev–Trinajstić information content (AvgIpc) is 2.28. The van der Waals surface area contributed by atoms with Crippen molar-refractivity contribution >= 4 is 17.7 Å². The van der Waals surface area contributed by atoms with Gasteiger partial charge in [-0.15, -0.1) is 0 Å². The normalized spacial score (nSPS) is 10.8. The Balaban J connectivity index is 2.83. The summed E-state index contributed by atoms with van der Waals surface area (Å²) in [6, 6.07) is 1.54. The van der Waals surface area contributed by atoms with Gasteiger partial charge in [-0.2, -0.15) is 5.10 Å². The van der Waals surface area contributed by atoms with E-state index in [9.17, 15) is 10.1 Å². The summed E-state index contributed by atoms with van der Waals surface area (Å²) in [5, 5.41) is 14.2. The highest BCUT2D eigenvalue weighted by atomic mass is 35.5. The molecule has 1 aromatic rings. The van der Waals surface area contributed by atoms with Crippen LogP contribution in [0.2, 0.25) is 5.15 Å². The maximum absolute atomic E-state index is 9.92. The molecule has 6 heteroatoms. The Morgan fingerprint density at radius 2 is 2.50 bits per heavy atom. The van der Waals surface area contributed by atoms with E-state index in [4.69, 9.17) is 11.6 Å². The summed E-state index contributed by atoms with van der Waals surface area (Å²) in [5.41, 5.74) is 0.471. The van der Waals surface area contributed by atoms with Crippen LogP contribution >= 0.6 is 11.6 Å². The van der Waals surface area contributed by atoms with E-state index in [1.807, 2.05) is 0 Å². The predicted octanol–water partition coefficient (Wildman–Crippen LogP) is 1.32. The first-order chi connectivity index (χ1) is 5.59. The summed E-state index contributed by atoms with van der Waals surface area (Å²) in [5.74, 6) is 0. The molecular weight excluding hydrogens is 182 g/mol. The summed E-state index contributed by atoms with van der Waals surface area (Å²) in [4.78, 5) is 9.36. The van der Waals surface area contributed by atoms with E-state index in [1.54, 1.807) is 13.1 Å². The van der Waals surface area contributed by atoms with Crippen molar-refractivity contribution in [3.63, 3.8) is 0 Å². The molecule has 0 aliphatic heterocycles. The minimum atomic E-state index is -0.553. The molecule has 0 unspecified atom stereocenters. The molecule has 0 aliphatic rings. The van der Waals surface area contributed by atoms with Crippen molar-refractivity contribution in [1.29, 1.82) is 0 Å². The fraction of sp³-hybridized carbons (Fsp3) is 0.167. The lowest BCUT2D eigenvalue weighted by atomic mass is 10.4. The lowest BCUT2D eigenvalue weighted by molar-refractivity contribution is -0.401. The van der Waals surface area contributed by atoms with E-state index in [-0.39, 0.29) is 0 Å². The summed E-state index contributed by atoms with van der Waals surface area (Å²) >= 11 is 5.64. The third-order valence-electron chi connectivity index (χ3n) is 1.21. The van der Waals surface area contributed by atoms with Crippen LogP contribution in [0.3, 0.4) is 0 Å². The van der Waals surface area contributed by atoms with E-state index in [2.05, 4.69) is 5.10 Å². The molecule has 1 heterocycles. The van der Waals surface area contributed by atoms with E-state index < -0.39 is 4.92 Å². The zero-order valence-electron chi connectivity index (χ0n) is 6.27. The van der Waals surface area contributed by atoms with Crippen LogP contribution in [-0.2, 0) is 7.05 Å². The number of nitro groups is 1. The maximum Gasteiger partial charge on any atom is 0.236 e. The van der Waals surface area contributed by atoms with Crippen molar-refractivity contribution in [2.45, 2.75) is 0 Å². The molecule has 0 radical (unpaired) electrons. The Labute approximate surface area is 73.4 Å². The largest absolute Gasteiger partial charge is 0.259 e. The highest BCUT2D eigenvalue weighted by molar-refractivity contribution is 6.29. The molecule has 0 spiro atoms. The van der Waals surface area contributed by atoms with Crippen LogP contribution in [0, 0.1) is 10.1 Å². The van der Waals surface area contributed by atoms with Crippen LogP contribution < -0.4 is 0 Å². The van der Waals surface area contributed by atoms with Crippen LogP contribution in [0.15, 0.2) is 12.3 Å². The fourth-order valence-electron chi connectivity index (χ4n) is 0.684. The zero-order chi connectivity index (χ0) is 9.14. The number of aromatic nitrogens is 2. The summed E-state index contributed by atoms with van der Waals surface area (Å²) in [7, 11) is 1.66. The van der Waals surface area contributed by atoms with Gasteiger partial charge in [0.2, 0.25) is 6.20 Å². The van der Waals surface area contributed by atoms with Crippen molar-refractivity contribution in [2.24, 2.45) is 7.05 Å². The van der Waals surface area contributed by atoms with Crippen LogP contribution in [0.25, 0.3) is 6.08 Å². The second-order valence-electron chi connectivity index (χ2n) is 2.12. The van der Waals surface area contributed by atoms with Gasteiger partial charge in [0.1, 0.15) is 5.15 Å². The Hall–Kier alpha value is -1.36. The molecule has 0 N–H and O–H groups in total. The third-order valence-corrected chi connectivity index (χ3v) is 1.56. The number of hydrogen-bond acceptors (Lipinski definition) is 3. The van der Waals surface area contributed by atoms with Crippen molar-refractivity contribution in [2.75, 3.05) is 0 Å². The minimum absolute atomic E-state index is 0.443. The first kappa shape index (κ1) is 8.73. The first-order valence-corrected chi connectivity index (χ1v) is 3.48. The predicted molar refractivity (Wildman–Crippen MR) is 44.2 cm³/mol. The topological polar surface area (TPSA) is 61.0 Å². The number of rotatable bonds is 2. The molecular formula is C6H6ClN3O2. The van der Waals surface area contributed by atoms with Crippen molar-refractivity contribution in [1.82, 2.24) is 9.78 Å². The standard InChI is InChI=1S/C6H6ClN3O2/c1-9-6(7)4-5(8-9)2-3-10(11)12/h2-4H,1H3/b3-2+. The molecule has 0 fully saturated rings. The lowest BCUT2D eigenvalue weighted by Crippen LogP contribution is -1.89. The van der Waals surface area contributed by atoms with Gasteiger partial charge in [-0.3, -0.25) is 14.8 Å². The summed E-state index contributed by atoms with van der Waals surface area (Å²) < 4.78 is 1.43. The first-order valence-electron chi connectivity index (χ1n) is 3.11. The van der Waals surface area contributed by atoms with Crippen LogP contribution in [0.5, 0.6) is 0 Å². The van der Waals surface area contributed by atoms with Gasteiger partial charge in [0.25, 0.3) is 0 Å². The smallest absolute Gasteiger partial charge is 0.236 e. The quantitative estimate of drug-likeness (QED) is 0.518. The molecule has 1 rings (SSSR count). The van der Waals surface area contributed by atoms with Crippen molar-refractivity contribution in [3.8, 4) is 0 Å². The van der Waals surface area contributed by atoms with E-state index in [1.165, 1.54) is 10.8 Å². The molecule has 0 amide bonds. The monoisotopic (exact) mass is 187 g/mol. The molecule has 0 aromatic carbocycles. The molecule has 5 nitrogen and oxygen atoms in total. The fourth-order valence-corrected chi connectivity index (χ4v) is 0.834. The van der Waals surface area contributed by atoms with Gasteiger partial charge in [-0.05, 0) is 0 Å². The van der Waals surface area contributed by atoms with Gasteiger partial charge >= 0.3 is 0 Å². The van der Waals surface area contributed by atoms with Crippen LogP contribution in [0.4, 0.5) is 0 Å². The number of hydrogen-bond donors (Lipinski definition) is 0. The molecule has 64 valence electrons. The van der Waals surface area contributed by atoms with Gasteiger partial charge in [0.15, 0.2) is 0 Å². The Morgan fingerprint density at radius 3 is 2.92 bits per heavy atom. The van der Waals surface area contributed by atoms with Crippen LogP contribution in [-0.4, -0.2) is 14.7 Å². The number of aryl methyl sites for hydroxylation is 1. The second kappa shape index (κ2) is 3.36. The van der Waals surface area contributed by atoms with E-state index in [0.29, 0.717) is 10.8 Å². The molecule has 1 aromatic heterocycles. The highest BCUT2D eigenvalue weighted by Gasteiger charge is 1.99. The zero-order valence-corrected chi connectivity index (χ0v) is 7.02. The van der Waals surface area contributed by atoms with Gasteiger partial charge in [0, 0.05) is 19.2 Å². The van der Waals surface area contributed by atoms with Gasteiger partial charge < -0.3 is 0 Å². The lowest BCUT2D eigenvalue weighted by Gasteiger charge is -1.85. The Bertz CT molecular complexity index is 312. The van der Waals surface area contributed by atoms with Crippen molar-refractivity contribution < 1.29 is 4.92 Å². The average molecular weight is 188 g/mol. The van der Waals surface area contributed by atoms with Gasteiger partial charge in [0.05, 0.1) is 10.6 Å².